The molecule has 0 aliphatic carbocycles. The minimum absolute atomic E-state index is 0.160. The second-order valence-corrected chi connectivity index (χ2v) is 5.04. The van der Waals surface area contributed by atoms with Crippen LogP contribution in [0, 0.1) is 5.82 Å². The Hall–Kier alpha value is -0.930. The van der Waals surface area contributed by atoms with E-state index in [1.807, 2.05) is 6.07 Å². The van der Waals surface area contributed by atoms with Gasteiger partial charge >= 0.3 is 0 Å². The quantitative estimate of drug-likeness (QED) is 0.801. The number of nitrogens with zero attached hydrogens (tertiary/aromatic N) is 1. The minimum atomic E-state index is -0.160. The van der Waals surface area contributed by atoms with Gasteiger partial charge in [0.15, 0.2) is 0 Å². The van der Waals surface area contributed by atoms with Gasteiger partial charge in [0.25, 0.3) is 0 Å². The van der Waals surface area contributed by atoms with Crippen molar-refractivity contribution in [2.75, 3.05) is 20.1 Å². The molecular formula is C15H25FN2. The number of rotatable bonds is 7. The first-order valence-electron chi connectivity index (χ1n) is 6.73. The Morgan fingerprint density at radius 1 is 1.33 bits per heavy atom. The van der Waals surface area contributed by atoms with Gasteiger partial charge in [0.1, 0.15) is 5.82 Å². The predicted octanol–water partition coefficient (Wildman–Crippen LogP) is 3.21. The fourth-order valence-electron chi connectivity index (χ4n) is 1.89. The highest BCUT2D eigenvalue weighted by molar-refractivity contribution is 5.19. The van der Waals surface area contributed by atoms with Crippen molar-refractivity contribution in [3.05, 3.63) is 35.6 Å². The van der Waals surface area contributed by atoms with Crippen LogP contribution in [0.2, 0.25) is 0 Å². The van der Waals surface area contributed by atoms with Crippen LogP contribution in [-0.2, 0) is 0 Å². The molecule has 0 spiro atoms. The molecule has 3 heteroatoms. The molecule has 0 fully saturated rings. The average Bonchev–Trinajstić information content (AvgIpc) is 2.34. The molecule has 2 nitrogen and oxygen atoms in total. The molecule has 0 saturated heterocycles. The number of hydrogen-bond donors (Lipinski definition) is 1. The fraction of sp³-hybridized carbons (Fsp3) is 0.600. The monoisotopic (exact) mass is 252 g/mol. The fourth-order valence-corrected chi connectivity index (χ4v) is 1.89. The van der Waals surface area contributed by atoms with E-state index in [4.69, 9.17) is 0 Å². The second kappa shape index (κ2) is 7.49. The van der Waals surface area contributed by atoms with Crippen molar-refractivity contribution in [1.29, 1.82) is 0 Å². The summed E-state index contributed by atoms with van der Waals surface area (Å²) in [6, 6.07) is 7.66. The van der Waals surface area contributed by atoms with E-state index in [-0.39, 0.29) is 11.9 Å². The first-order chi connectivity index (χ1) is 8.54. The largest absolute Gasteiger partial charge is 0.309 e. The molecule has 18 heavy (non-hydrogen) atoms. The molecule has 0 heterocycles. The summed E-state index contributed by atoms with van der Waals surface area (Å²) in [4.78, 5) is 2.30. The van der Waals surface area contributed by atoms with Crippen LogP contribution >= 0.6 is 0 Å². The van der Waals surface area contributed by atoms with Gasteiger partial charge in [0, 0.05) is 25.2 Å². The molecule has 0 aliphatic heterocycles. The lowest BCUT2D eigenvalue weighted by Crippen LogP contribution is -2.35. The molecule has 1 aromatic rings. The molecule has 1 rings (SSSR count). The Morgan fingerprint density at radius 3 is 2.61 bits per heavy atom. The van der Waals surface area contributed by atoms with E-state index in [1.54, 1.807) is 12.1 Å². The standard InChI is InChI=1S/C15H25FN2/c1-5-15(13-7-6-8-14(16)11-13)17-9-10-18(4)12(2)3/h6-8,11-12,15,17H,5,9-10H2,1-4H3. The van der Waals surface area contributed by atoms with Crippen LogP contribution in [0.1, 0.15) is 38.8 Å². The maximum atomic E-state index is 13.2. The van der Waals surface area contributed by atoms with Crippen LogP contribution in [0.5, 0.6) is 0 Å². The highest BCUT2D eigenvalue weighted by Gasteiger charge is 2.10. The molecule has 1 atom stereocenters. The van der Waals surface area contributed by atoms with Gasteiger partial charge in [-0.05, 0) is 45.0 Å². The predicted molar refractivity (Wildman–Crippen MR) is 75.2 cm³/mol. The van der Waals surface area contributed by atoms with E-state index >= 15 is 0 Å². The molecule has 0 saturated carbocycles. The van der Waals surface area contributed by atoms with Gasteiger partial charge in [-0.25, -0.2) is 4.39 Å². The molecule has 0 aliphatic rings. The third-order valence-corrected chi connectivity index (χ3v) is 3.40. The molecular weight excluding hydrogens is 227 g/mol. The highest BCUT2D eigenvalue weighted by atomic mass is 19.1. The average molecular weight is 252 g/mol. The summed E-state index contributed by atoms with van der Waals surface area (Å²) in [6.45, 7) is 8.41. The van der Waals surface area contributed by atoms with Gasteiger partial charge in [-0.2, -0.15) is 0 Å². The Bertz CT molecular complexity index is 352. The first-order valence-corrected chi connectivity index (χ1v) is 6.73. The summed E-state index contributed by atoms with van der Waals surface area (Å²) >= 11 is 0. The van der Waals surface area contributed by atoms with Crippen molar-refractivity contribution in [3.8, 4) is 0 Å². The van der Waals surface area contributed by atoms with Gasteiger partial charge in [-0.15, -0.1) is 0 Å². The van der Waals surface area contributed by atoms with Crippen molar-refractivity contribution in [2.45, 2.75) is 39.3 Å². The van der Waals surface area contributed by atoms with Gasteiger partial charge in [0.05, 0.1) is 0 Å². The number of hydrogen-bond acceptors (Lipinski definition) is 2. The van der Waals surface area contributed by atoms with Gasteiger partial charge < -0.3 is 10.2 Å². The van der Waals surface area contributed by atoms with Gasteiger partial charge in [-0.1, -0.05) is 19.1 Å². The van der Waals surface area contributed by atoms with Crippen LogP contribution in [0.4, 0.5) is 4.39 Å². The van der Waals surface area contributed by atoms with Crippen molar-refractivity contribution in [2.24, 2.45) is 0 Å². The summed E-state index contributed by atoms with van der Waals surface area (Å²) in [6.07, 6.45) is 0.967. The lowest BCUT2D eigenvalue weighted by atomic mass is 10.0. The summed E-state index contributed by atoms with van der Waals surface area (Å²) in [5, 5.41) is 3.49. The molecule has 0 bridgehead atoms. The number of halogens is 1. The summed E-state index contributed by atoms with van der Waals surface area (Å²) in [5.41, 5.74) is 1.03. The Morgan fingerprint density at radius 2 is 2.06 bits per heavy atom. The Balaban J connectivity index is 2.48. The van der Waals surface area contributed by atoms with Crippen LogP contribution in [0.3, 0.4) is 0 Å². The zero-order valence-corrected chi connectivity index (χ0v) is 11.9. The Kier molecular flexibility index (Phi) is 6.30. The molecule has 0 radical (unpaired) electrons. The zero-order chi connectivity index (χ0) is 13.5. The second-order valence-electron chi connectivity index (χ2n) is 5.04. The van der Waals surface area contributed by atoms with Crippen LogP contribution in [0.15, 0.2) is 24.3 Å². The molecule has 0 aromatic heterocycles. The highest BCUT2D eigenvalue weighted by Crippen LogP contribution is 2.17. The summed E-state index contributed by atoms with van der Waals surface area (Å²) in [5.74, 6) is -0.160. The van der Waals surface area contributed by atoms with E-state index < -0.39 is 0 Å². The van der Waals surface area contributed by atoms with Crippen molar-refractivity contribution in [3.63, 3.8) is 0 Å². The topological polar surface area (TPSA) is 15.3 Å². The van der Waals surface area contributed by atoms with E-state index in [9.17, 15) is 4.39 Å². The zero-order valence-electron chi connectivity index (χ0n) is 11.9. The molecule has 1 unspecified atom stereocenters. The van der Waals surface area contributed by atoms with E-state index in [1.165, 1.54) is 6.07 Å². The van der Waals surface area contributed by atoms with Gasteiger partial charge in [-0.3, -0.25) is 0 Å². The van der Waals surface area contributed by atoms with Crippen LogP contribution < -0.4 is 5.32 Å². The molecule has 102 valence electrons. The number of nitrogens with one attached hydrogen (secondary N) is 1. The first kappa shape index (κ1) is 15.1. The molecule has 1 N–H and O–H groups in total. The van der Waals surface area contributed by atoms with Crippen molar-refractivity contribution < 1.29 is 4.39 Å². The Labute approximate surface area is 110 Å². The minimum Gasteiger partial charge on any atom is -0.309 e. The van der Waals surface area contributed by atoms with E-state index in [2.05, 4.69) is 38.0 Å². The van der Waals surface area contributed by atoms with E-state index in [0.717, 1.165) is 25.1 Å². The maximum Gasteiger partial charge on any atom is 0.123 e. The summed E-state index contributed by atoms with van der Waals surface area (Å²) < 4.78 is 13.2. The third kappa shape index (κ3) is 4.75. The maximum absolute atomic E-state index is 13.2. The SMILES string of the molecule is CCC(NCCN(C)C(C)C)c1cccc(F)c1. The normalized spacial score (nSPS) is 13.3. The third-order valence-electron chi connectivity index (χ3n) is 3.40. The number of likely N-dealkylation sites (N-methyl/N-ethyl adjacent to an activating group) is 1. The lowest BCUT2D eigenvalue weighted by molar-refractivity contribution is 0.268. The van der Waals surface area contributed by atoms with Gasteiger partial charge in [0.2, 0.25) is 0 Å². The number of benzene rings is 1. The smallest absolute Gasteiger partial charge is 0.123 e. The molecule has 0 amide bonds. The van der Waals surface area contributed by atoms with Crippen molar-refractivity contribution >= 4 is 0 Å². The van der Waals surface area contributed by atoms with Crippen LogP contribution in [0.25, 0.3) is 0 Å². The van der Waals surface area contributed by atoms with Crippen molar-refractivity contribution in [1.82, 2.24) is 10.2 Å². The lowest BCUT2D eigenvalue weighted by Gasteiger charge is -2.23. The van der Waals surface area contributed by atoms with Crippen LogP contribution in [-0.4, -0.2) is 31.1 Å². The molecule has 1 aromatic carbocycles. The summed E-state index contributed by atoms with van der Waals surface area (Å²) in [7, 11) is 2.12. The van der Waals surface area contributed by atoms with E-state index in [0.29, 0.717) is 6.04 Å².